The van der Waals surface area contributed by atoms with E-state index in [1.54, 1.807) is 6.07 Å². The average molecular weight is 838 g/mol. The number of hydrogen-bond donors (Lipinski definition) is 0. The van der Waals surface area contributed by atoms with Gasteiger partial charge in [-0.05, 0) is 40.3 Å². The molecule has 0 amide bonds. The van der Waals surface area contributed by atoms with Crippen LogP contribution in [0.4, 0.5) is 0 Å². The number of nitriles is 1. The van der Waals surface area contributed by atoms with Crippen molar-refractivity contribution < 1.29 is 52.3 Å². The summed E-state index contributed by atoms with van der Waals surface area (Å²) in [5, 5.41) is 13.6. The molecule has 13 heteroatoms. The number of Topliss-reactive ketones (excluding diaryl/α,β-unsaturated/α-hetero) is 2. The molecule has 0 N–H and O–H groups in total. The molecule has 0 saturated carbocycles. The molecule has 2 heterocycles. The minimum Gasteiger partial charge on any atom is -0.496 e. The number of rotatable bonds is 11. The Hall–Kier alpha value is -7.09. The zero-order valence-electron chi connectivity index (χ0n) is 34.0. The van der Waals surface area contributed by atoms with Gasteiger partial charge in [0.25, 0.3) is 5.79 Å². The second-order valence-electron chi connectivity index (χ2n) is 14.5. The number of aryl methyl sites for hydroxylation is 1. The zero-order valence-corrected chi connectivity index (χ0v) is 34.9. The molecular weight excluding hydrogens is 797 g/mol. The van der Waals surface area contributed by atoms with E-state index in [1.165, 1.54) is 35.5 Å². The van der Waals surface area contributed by atoms with E-state index in [0.29, 0.717) is 17.5 Å². The van der Waals surface area contributed by atoms with E-state index >= 15 is 4.79 Å². The SMILES string of the molecule is COC(=O)c1c(CC(=O)C(C#N)=P(c2ccccc2)(c2ccccc2)c2ccccc2)cc2c(c1OC)OC1(CC2)Cc2c(c(OC)c3c(c2OC)C(=O)C=C(OC)C3=O)O1. The molecule has 0 aromatic heterocycles. The van der Waals surface area contributed by atoms with Crippen LogP contribution in [0.3, 0.4) is 0 Å². The van der Waals surface area contributed by atoms with Crippen LogP contribution in [0.2, 0.25) is 0 Å². The Kier molecular flexibility index (Phi) is 10.8. The van der Waals surface area contributed by atoms with Crippen LogP contribution in [-0.4, -0.2) is 69.9 Å². The van der Waals surface area contributed by atoms with Gasteiger partial charge in [-0.2, -0.15) is 5.26 Å². The summed E-state index contributed by atoms with van der Waals surface area (Å²) in [5.74, 6) is -3.39. The maximum atomic E-state index is 15.0. The second kappa shape index (κ2) is 16.2. The van der Waals surface area contributed by atoms with E-state index in [9.17, 15) is 19.6 Å². The normalized spacial score (nSPS) is 16.1. The number of methoxy groups -OCH3 is 5. The van der Waals surface area contributed by atoms with Crippen molar-refractivity contribution in [3.8, 4) is 34.8 Å². The number of fused-ring (bicyclic) bond motifs is 3. The lowest BCUT2D eigenvalue weighted by molar-refractivity contribution is -0.113. The molecule has 1 atom stereocenters. The molecule has 8 rings (SSSR count). The van der Waals surface area contributed by atoms with Crippen LogP contribution in [-0.2, 0) is 33.5 Å². The van der Waals surface area contributed by atoms with Gasteiger partial charge in [-0.15, -0.1) is 0 Å². The van der Waals surface area contributed by atoms with Crippen molar-refractivity contribution in [2.45, 2.75) is 31.5 Å². The number of carbonyl (C=O) groups excluding carboxylic acids is 4. The monoisotopic (exact) mass is 837 g/mol. The van der Waals surface area contributed by atoms with Gasteiger partial charge in [0.1, 0.15) is 22.7 Å². The number of hydrogen-bond acceptors (Lipinski definition) is 12. The third-order valence-electron chi connectivity index (χ3n) is 11.3. The fourth-order valence-electron chi connectivity index (χ4n) is 8.73. The van der Waals surface area contributed by atoms with Gasteiger partial charge in [-0.25, -0.2) is 4.79 Å². The fourth-order valence-corrected chi connectivity index (χ4v) is 12.9. The van der Waals surface area contributed by atoms with Gasteiger partial charge in [0.2, 0.25) is 5.78 Å². The number of allylic oxidation sites excluding steroid dienone is 2. The third-order valence-corrected chi connectivity index (χ3v) is 15.6. The van der Waals surface area contributed by atoms with Crippen molar-refractivity contribution in [3.05, 3.63) is 142 Å². The first-order valence-corrected chi connectivity index (χ1v) is 21.1. The molecule has 0 saturated heterocycles. The summed E-state index contributed by atoms with van der Waals surface area (Å²) < 4.78 is 41.3. The van der Waals surface area contributed by atoms with Crippen LogP contribution >= 0.6 is 6.89 Å². The molecular formula is C48H40NO11P. The number of esters is 1. The Morgan fingerprint density at radius 3 is 1.80 bits per heavy atom. The lowest BCUT2D eigenvalue weighted by Crippen LogP contribution is -2.44. The predicted octanol–water partition coefficient (Wildman–Crippen LogP) is 5.87. The van der Waals surface area contributed by atoms with Gasteiger partial charge < -0.3 is 33.2 Å². The number of ketones is 3. The third kappa shape index (κ3) is 6.44. The summed E-state index contributed by atoms with van der Waals surface area (Å²) in [5.41, 5.74) is 1.27. The molecule has 0 bridgehead atoms. The van der Waals surface area contributed by atoms with Crippen molar-refractivity contribution in [1.82, 2.24) is 0 Å². The van der Waals surface area contributed by atoms with Crippen molar-refractivity contribution in [2.75, 3.05) is 35.5 Å². The second-order valence-corrected chi connectivity index (χ2v) is 17.8. The van der Waals surface area contributed by atoms with E-state index in [0.717, 1.165) is 22.0 Å². The Morgan fingerprint density at radius 1 is 0.738 bits per heavy atom. The molecule has 1 unspecified atom stereocenters. The standard InChI is InChI=1S/C48H40NO11P/c1-54-36-25-35(51)39-40(41(36)52)46(57-4)44-33(43(39)55-2)26-48(60-44)22-21-28-23-29(38(47(53)58-5)45(56-3)42(28)59-48)24-34(50)37(27-49)61(30-15-9-6-10-16-30,31-17-11-7-12-18-31)32-19-13-8-14-20-32/h6-20,23,25H,21-22,24,26H2,1-5H3. The van der Waals surface area contributed by atoms with E-state index in [1.807, 2.05) is 91.0 Å². The minimum absolute atomic E-state index is 0.0112. The molecule has 1 spiro atoms. The molecule has 12 nitrogen and oxygen atoms in total. The quantitative estimate of drug-likeness (QED) is 0.115. The highest BCUT2D eigenvalue weighted by Gasteiger charge is 2.51. The Balaban J connectivity index is 1.26. The molecule has 1 aliphatic carbocycles. The Bertz CT molecular complexity index is 2670. The van der Waals surface area contributed by atoms with Crippen molar-refractivity contribution in [1.29, 1.82) is 5.26 Å². The lowest BCUT2D eigenvalue weighted by atomic mass is 9.87. The summed E-state index contributed by atoms with van der Waals surface area (Å²) in [6.45, 7) is -3.08. The summed E-state index contributed by atoms with van der Waals surface area (Å²) in [7, 11) is 6.66. The van der Waals surface area contributed by atoms with E-state index in [-0.39, 0.29) is 81.3 Å². The van der Waals surface area contributed by atoms with Crippen LogP contribution in [0.5, 0.6) is 28.7 Å². The van der Waals surface area contributed by atoms with Crippen molar-refractivity contribution in [2.24, 2.45) is 0 Å². The molecule has 5 aromatic rings. The van der Waals surface area contributed by atoms with Gasteiger partial charge in [-0.3, -0.25) is 14.4 Å². The smallest absolute Gasteiger partial charge is 0.342 e. The molecule has 5 aromatic carbocycles. The number of carbonyl (C=O) groups is 4. The highest BCUT2D eigenvalue weighted by Crippen LogP contribution is 2.56. The molecule has 3 aliphatic rings. The average Bonchev–Trinajstić information content (AvgIpc) is 3.66. The zero-order chi connectivity index (χ0) is 43.1. The molecule has 308 valence electrons. The molecule has 0 fully saturated rings. The van der Waals surface area contributed by atoms with Gasteiger partial charge >= 0.3 is 5.97 Å². The summed E-state index contributed by atoms with van der Waals surface area (Å²) >= 11 is 0. The maximum Gasteiger partial charge on any atom is 0.342 e. The first-order valence-electron chi connectivity index (χ1n) is 19.3. The van der Waals surface area contributed by atoms with Gasteiger partial charge in [0, 0.05) is 24.5 Å². The van der Waals surface area contributed by atoms with E-state index < -0.39 is 36.0 Å². The highest BCUT2D eigenvalue weighted by molar-refractivity contribution is 7.96. The van der Waals surface area contributed by atoms with E-state index in [4.69, 9.17) is 33.2 Å². The molecule has 61 heavy (non-hydrogen) atoms. The highest BCUT2D eigenvalue weighted by atomic mass is 31.2. The summed E-state index contributed by atoms with van der Waals surface area (Å²) in [4.78, 5) is 55.8. The van der Waals surface area contributed by atoms with Crippen LogP contribution in [0.25, 0.3) is 0 Å². The maximum absolute atomic E-state index is 15.0. The van der Waals surface area contributed by atoms with Crippen molar-refractivity contribution in [3.63, 3.8) is 0 Å². The van der Waals surface area contributed by atoms with Crippen molar-refractivity contribution >= 4 is 51.4 Å². The fraction of sp³-hybridized carbons (Fsp3) is 0.208. The van der Waals surface area contributed by atoms with Crippen LogP contribution < -0.4 is 39.6 Å². The van der Waals surface area contributed by atoms with Crippen LogP contribution in [0, 0.1) is 11.3 Å². The Labute approximate surface area is 352 Å². The first kappa shape index (κ1) is 40.7. The number of nitrogens with zero attached hydrogens (tertiary/aromatic N) is 1. The topological polar surface area (TPSA) is 157 Å². The van der Waals surface area contributed by atoms with E-state index in [2.05, 4.69) is 6.07 Å². The van der Waals surface area contributed by atoms with Crippen LogP contribution in [0.15, 0.2) is 109 Å². The molecule has 2 aliphatic heterocycles. The van der Waals surface area contributed by atoms with Crippen LogP contribution in [0.1, 0.15) is 54.2 Å². The lowest BCUT2D eigenvalue weighted by Gasteiger charge is -2.36. The number of ether oxygens (including phenoxy) is 7. The van der Waals surface area contributed by atoms with Gasteiger partial charge in [0.15, 0.2) is 40.3 Å². The summed E-state index contributed by atoms with van der Waals surface area (Å²) in [6.07, 6.45) is 1.42. The Morgan fingerprint density at radius 2 is 1.30 bits per heavy atom. The largest absolute Gasteiger partial charge is 0.496 e. The minimum atomic E-state index is -3.08. The van der Waals surface area contributed by atoms with Gasteiger partial charge in [0.05, 0.1) is 53.1 Å². The molecule has 0 radical (unpaired) electrons. The summed E-state index contributed by atoms with van der Waals surface area (Å²) in [6, 6.07) is 32.8. The number of benzene rings is 5. The first-order chi connectivity index (χ1) is 29.6. The van der Waals surface area contributed by atoms with Gasteiger partial charge in [-0.1, -0.05) is 97.1 Å². The predicted molar refractivity (Wildman–Crippen MR) is 228 cm³/mol.